The number of amides is 1. The number of morpholine rings is 1. The van der Waals surface area contributed by atoms with Gasteiger partial charge in [0.15, 0.2) is 5.13 Å². The first-order chi connectivity index (χ1) is 12.2. The Morgan fingerprint density at radius 3 is 3.04 bits per heavy atom. The first-order valence-corrected chi connectivity index (χ1v) is 9.69. The molecule has 1 amide bonds. The van der Waals surface area contributed by atoms with Gasteiger partial charge in [-0.15, -0.1) is 11.3 Å². The molecule has 0 saturated carbocycles. The minimum atomic E-state index is -0.181. The van der Waals surface area contributed by atoms with Crippen molar-refractivity contribution in [2.24, 2.45) is 0 Å². The summed E-state index contributed by atoms with van der Waals surface area (Å²) in [5.41, 5.74) is 2.43. The van der Waals surface area contributed by atoms with Gasteiger partial charge in [0.1, 0.15) is 5.69 Å². The van der Waals surface area contributed by atoms with Crippen molar-refractivity contribution in [1.29, 1.82) is 0 Å². The van der Waals surface area contributed by atoms with Crippen LogP contribution < -0.4 is 5.32 Å². The van der Waals surface area contributed by atoms with Gasteiger partial charge in [-0.2, -0.15) is 0 Å². The summed E-state index contributed by atoms with van der Waals surface area (Å²) in [7, 11) is 0. The fourth-order valence-electron chi connectivity index (χ4n) is 2.82. The monoisotopic (exact) mass is 420 g/mol. The highest BCUT2D eigenvalue weighted by molar-refractivity contribution is 9.10. The third kappa shape index (κ3) is 3.92. The average molecular weight is 421 g/mol. The number of ether oxygens (including phenoxy) is 1. The molecule has 0 atom stereocenters. The Hall–Kier alpha value is -1.74. The number of nitrogens with zero attached hydrogens (tertiary/aromatic N) is 2. The molecule has 1 aromatic carbocycles. The lowest BCUT2D eigenvalue weighted by Crippen LogP contribution is -2.35. The van der Waals surface area contributed by atoms with E-state index in [9.17, 15) is 4.79 Å². The SMILES string of the molecule is O=C(Nc1nc(CN2CCOCC2)cs1)c1cc2cc(Br)ccc2[nH]1. The van der Waals surface area contributed by atoms with Crippen LogP contribution in [-0.2, 0) is 11.3 Å². The van der Waals surface area contributed by atoms with Crippen molar-refractivity contribution < 1.29 is 9.53 Å². The van der Waals surface area contributed by atoms with Crippen LogP contribution in [0.15, 0.2) is 34.1 Å². The van der Waals surface area contributed by atoms with Gasteiger partial charge in [0.25, 0.3) is 5.91 Å². The number of hydrogen-bond acceptors (Lipinski definition) is 5. The summed E-state index contributed by atoms with van der Waals surface area (Å²) >= 11 is 4.89. The van der Waals surface area contributed by atoms with Crippen LogP contribution in [0.4, 0.5) is 5.13 Å². The van der Waals surface area contributed by atoms with Crippen LogP contribution >= 0.6 is 27.3 Å². The van der Waals surface area contributed by atoms with Gasteiger partial charge in [-0.1, -0.05) is 15.9 Å². The minimum absolute atomic E-state index is 0.181. The first kappa shape index (κ1) is 16.7. The number of benzene rings is 1. The number of thiazole rings is 1. The van der Waals surface area contributed by atoms with E-state index in [2.05, 4.69) is 36.1 Å². The van der Waals surface area contributed by atoms with E-state index in [0.717, 1.165) is 53.9 Å². The maximum atomic E-state index is 12.5. The van der Waals surface area contributed by atoms with Gasteiger partial charge < -0.3 is 9.72 Å². The number of aromatic amines is 1. The van der Waals surface area contributed by atoms with Gasteiger partial charge in [-0.25, -0.2) is 4.98 Å². The van der Waals surface area contributed by atoms with Crippen LogP contribution in [0.25, 0.3) is 10.9 Å². The first-order valence-electron chi connectivity index (χ1n) is 8.01. The molecule has 0 radical (unpaired) electrons. The molecular weight excluding hydrogens is 404 g/mol. The van der Waals surface area contributed by atoms with E-state index in [1.165, 1.54) is 11.3 Å². The number of halogens is 1. The summed E-state index contributed by atoms with van der Waals surface area (Å²) in [5.74, 6) is -0.181. The van der Waals surface area contributed by atoms with E-state index in [0.29, 0.717) is 10.8 Å². The molecule has 8 heteroatoms. The van der Waals surface area contributed by atoms with Crippen molar-refractivity contribution >= 4 is 49.2 Å². The quantitative estimate of drug-likeness (QED) is 0.677. The summed E-state index contributed by atoms with van der Waals surface area (Å²) in [4.78, 5) is 22.4. The Balaban J connectivity index is 1.43. The number of nitrogens with one attached hydrogen (secondary N) is 2. The smallest absolute Gasteiger partial charge is 0.273 e. The molecule has 130 valence electrons. The molecule has 1 saturated heterocycles. The van der Waals surface area contributed by atoms with Crippen molar-refractivity contribution in [3.63, 3.8) is 0 Å². The maximum Gasteiger partial charge on any atom is 0.273 e. The second-order valence-electron chi connectivity index (χ2n) is 5.90. The number of carbonyl (C=O) groups is 1. The Morgan fingerprint density at radius 2 is 2.20 bits per heavy atom. The standard InChI is InChI=1S/C17H17BrN4O2S/c18-12-1-2-14-11(7-12)8-15(20-14)16(23)21-17-19-13(10-25-17)9-22-3-5-24-6-4-22/h1-2,7-8,10,20H,3-6,9H2,(H,19,21,23). The molecule has 1 fully saturated rings. The summed E-state index contributed by atoms with van der Waals surface area (Å²) in [6.45, 7) is 4.16. The molecule has 3 heterocycles. The van der Waals surface area contributed by atoms with Gasteiger partial charge in [0.2, 0.25) is 0 Å². The summed E-state index contributed by atoms with van der Waals surface area (Å²) < 4.78 is 6.34. The highest BCUT2D eigenvalue weighted by Crippen LogP contribution is 2.22. The van der Waals surface area contributed by atoms with Crippen LogP contribution in [0.2, 0.25) is 0 Å². The molecule has 2 N–H and O–H groups in total. The number of carbonyl (C=O) groups excluding carboxylic acids is 1. The molecule has 25 heavy (non-hydrogen) atoms. The second-order valence-corrected chi connectivity index (χ2v) is 7.68. The number of fused-ring (bicyclic) bond motifs is 1. The zero-order chi connectivity index (χ0) is 17.2. The molecule has 6 nitrogen and oxygen atoms in total. The van der Waals surface area contributed by atoms with Crippen molar-refractivity contribution in [2.45, 2.75) is 6.54 Å². The third-order valence-electron chi connectivity index (χ3n) is 4.09. The van der Waals surface area contributed by atoms with Gasteiger partial charge in [-0.3, -0.25) is 15.0 Å². The predicted octanol–water partition coefficient (Wildman–Crippen LogP) is 3.47. The largest absolute Gasteiger partial charge is 0.379 e. The lowest BCUT2D eigenvalue weighted by Gasteiger charge is -2.25. The Bertz CT molecular complexity index is 901. The number of rotatable bonds is 4. The summed E-state index contributed by atoms with van der Waals surface area (Å²) in [5, 5.41) is 6.48. The number of anilines is 1. The molecule has 2 aromatic heterocycles. The van der Waals surface area contributed by atoms with E-state index < -0.39 is 0 Å². The van der Waals surface area contributed by atoms with Crippen molar-refractivity contribution in [1.82, 2.24) is 14.9 Å². The molecular formula is C17H17BrN4O2S. The maximum absolute atomic E-state index is 12.5. The molecule has 0 bridgehead atoms. The normalized spacial score (nSPS) is 15.6. The van der Waals surface area contributed by atoms with Crippen LogP contribution in [0, 0.1) is 0 Å². The lowest BCUT2D eigenvalue weighted by molar-refractivity contribution is 0.0337. The molecule has 3 aromatic rings. The topological polar surface area (TPSA) is 70.2 Å². The van der Waals surface area contributed by atoms with Gasteiger partial charge in [0.05, 0.1) is 18.9 Å². The van der Waals surface area contributed by atoms with E-state index in [4.69, 9.17) is 4.74 Å². The molecule has 0 aliphatic carbocycles. The van der Waals surface area contributed by atoms with Crippen LogP contribution in [0.1, 0.15) is 16.2 Å². The van der Waals surface area contributed by atoms with Crippen LogP contribution in [0.3, 0.4) is 0 Å². The molecule has 1 aliphatic rings. The highest BCUT2D eigenvalue weighted by atomic mass is 79.9. The van der Waals surface area contributed by atoms with E-state index in [1.54, 1.807) is 0 Å². The third-order valence-corrected chi connectivity index (χ3v) is 5.39. The second kappa shape index (κ2) is 7.25. The number of H-pyrrole nitrogens is 1. The van der Waals surface area contributed by atoms with Gasteiger partial charge in [0, 0.05) is 40.4 Å². The van der Waals surface area contributed by atoms with Crippen LogP contribution in [-0.4, -0.2) is 47.1 Å². The Kier molecular flexibility index (Phi) is 4.85. The van der Waals surface area contributed by atoms with Crippen LogP contribution in [0.5, 0.6) is 0 Å². The lowest BCUT2D eigenvalue weighted by atomic mass is 10.2. The molecule has 0 unspecified atom stereocenters. The Labute approximate surface area is 157 Å². The van der Waals surface area contributed by atoms with Crippen molar-refractivity contribution in [3.8, 4) is 0 Å². The van der Waals surface area contributed by atoms with Gasteiger partial charge >= 0.3 is 0 Å². The van der Waals surface area contributed by atoms with Crippen molar-refractivity contribution in [2.75, 3.05) is 31.6 Å². The number of aromatic nitrogens is 2. The minimum Gasteiger partial charge on any atom is -0.379 e. The molecule has 4 rings (SSSR count). The fourth-order valence-corrected chi connectivity index (χ4v) is 3.89. The fraction of sp³-hybridized carbons (Fsp3) is 0.294. The predicted molar refractivity (Wildman–Crippen MR) is 102 cm³/mol. The summed E-state index contributed by atoms with van der Waals surface area (Å²) in [6, 6.07) is 7.71. The van der Waals surface area contributed by atoms with Gasteiger partial charge in [-0.05, 0) is 24.3 Å². The molecule has 0 spiro atoms. The summed E-state index contributed by atoms with van der Waals surface area (Å²) in [6.07, 6.45) is 0. The zero-order valence-electron chi connectivity index (χ0n) is 13.4. The Morgan fingerprint density at radius 1 is 1.36 bits per heavy atom. The average Bonchev–Trinajstić information content (AvgIpc) is 3.22. The zero-order valence-corrected chi connectivity index (χ0v) is 15.8. The number of hydrogen-bond donors (Lipinski definition) is 2. The van der Waals surface area contributed by atoms with E-state index in [1.807, 2.05) is 29.6 Å². The van der Waals surface area contributed by atoms with E-state index >= 15 is 0 Å². The van der Waals surface area contributed by atoms with E-state index in [-0.39, 0.29) is 5.91 Å². The highest BCUT2D eigenvalue weighted by Gasteiger charge is 2.15. The van der Waals surface area contributed by atoms with Crippen molar-refractivity contribution in [3.05, 3.63) is 45.5 Å². The molecule has 1 aliphatic heterocycles.